The number of aromatic nitrogens is 2. The van der Waals surface area contributed by atoms with E-state index in [1.54, 1.807) is 24.5 Å². The Labute approximate surface area is 333 Å². The van der Waals surface area contributed by atoms with Crippen molar-refractivity contribution in [3.05, 3.63) is 128 Å². The lowest BCUT2D eigenvalue weighted by Gasteiger charge is -2.36. The third-order valence-electron chi connectivity index (χ3n) is 8.89. The predicted octanol–water partition coefficient (Wildman–Crippen LogP) is 7.50. The van der Waals surface area contributed by atoms with Crippen molar-refractivity contribution in [2.75, 3.05) is 39.2 Å². The molecular weight excluding hydrogens is 759 g/mol. The molecule has 4 heterocycles. The largest absolute Gasteiger partial charge is 0.338 e. The van der Waals surface area contributed by atoms with Crippen LogP contribution < -0.4 is 11.1 Å². The zero-order valence-corrected chi connectivity index (χ0v) is 31.7. The molecule has 6 rings (SSSR count). The summed E-state index contributed by atoms with van der Waals surface area (Å²) in [7, 11) is 0. The van der Waals surface area contributed by atoms with Gasteiger partial charge in [-0.1, -0.05) is 35.3 Å². The number of benzene rings is 2. The zero-order chi connectivity index (χ0) is 43.8. The number of amides is 2. The Kier molecular flexibility index (Phi) is 13.6. The lowest BCUT2D eigenvalue weighted by Crippen LogP contribution is -2.48. The van der Waals surface area contributed by atoms with E-state index >= 15 is 4.39 Å². The van der Waals surface area contributed by atoms with Crippen molar-refractivity contribution in [1.82, 2.24) is 25.1 Å². The van der Waals surface area contributed by atoms with Gasteiger partial charge in [-0.25, -0.2) is 17.6 Å². The van der Waals surface area contributed by atoms with Gasteiger partial charge in [-0.05, 0) is 73.5 Å². The van der Waals surface area contributed by atoms with Crippen LogP contribution in [0.5, 0.6) is 0 Å². The van der Waals surface area contributed by atoms with Crippen molar-refractivity contribution >= 4 is 41.3 Å². The molecule has 2 aromatic heterocycles. The Morgan fingerprint density at radius 3 is 1.67 bits per heavy atom. The van der Waals surface area contributed by atoms with Crippen LogP contribution in [0.25, 0.3) is 0 Å². The number of nitrogens with two attached hydrogens (primary N) is 1. The summed E-state index contributed by atoms with van der Waals surface area (Å²) in [5.74, 6) is -2.01. The molecule has 2 fully saturated rings. The first-order valence-electron chi connectivity index (χ1n) is 19.3. The summed E-state index contributed by atoms with van der Waals surface area (Å²) >= 11 is 11.4. The van der Waals surface area contributed by atoms with Crippen LogP contribution in [-0.2, 0) is 6.54 Å². The fourth-order valence-corrected chi connectivity index (χ4v) is 5.83. The summed E-state index contributed by atoms with van der Waals surface area (Å²) in [6.45, 7) is -0.619. The van der Waals surface area contributed by atoms with Crippen LogP contribution in [0.3, 0.4) is 0 Å². The maximum absolute atomic E-state index is 15.4. The second-order valence-corrected chi connectivity index (χ2v) is 13.9. The van der Waals surface area contributed by atoms with Crippen molar-refractivity contribution in [3.63, 3.8) is 0 Å². The van der Waals surface area contributed by atoms with E-state index < -0.39 is 41.9 Å². The van der Waals surface area contributed by atoms with Gasteiger partial charge in [0.25, 0.3) is 11.8 Å². The highest BCUT2D eigenvalue weighted by Gasteiger charge is 2.36. The molecule has 0 unspecified atom stereocenters. The summed E-state index contributed by atoms with van der Waals surface area (Å²) < 4.78 is 87.1. The Hall–Kier alpha value is -4.43. The molecule has 55 heavy (non-hydrogen) atoms. The molecule has 4 aromatic rings. The van der Waals surface area contributed by atoms with Gasteiger partial charge in [-0.15, -0.1) is 0 Å². The molecule has 15 heteroatoms. The van der Waals surface area contributed by atoms with Crippen molar-refractivity contribution in [3.8, 4) is 0 Å². The normalized spacial score (nSPS) is 17.5. The third-order valence-corrected chi connectivity index (χ3v) is 9.47. The fourth-order valence-electron chi connectivity index (χ4n) is 5.47. The van der Waals surface area contributed by atoms with E-state index in [1.807, 2.05) is 26.0 Å². The Morgan fingerprint density at radius 1 is 0.800 bits per heavy atom. The second-order valence-electron chi connectivity index (χ2n) is 13.1. The molecule has 0 bridgehead atoms. The molecule has 2 aliphatic heterocycles. The number of halogens is 6. The molecule has 0 radical (unpaired) electrons. The summed E-state index contributed by atoms with van der Waals surface area (Å²) in [4.78, 5) is 45.7. The number of hydrogen-bond acceptors (Lipinski definition) is 7. The van der Waals surface area contributed by atoms with Gasteiger partial charge in [-0.3, -0.25) is 24.4 Å². The first-order chi connectivity index (χ1) is 27.6. The number of likely N-dealkylation sites (tertiary alicyclic amines) is 2. The van der Waals surface area contributed by atoms with Crippen LogP contribution in [0.1, 0.15) is 79.2 Å². The quantitative estimate of drug-likeness (QED) is 0.140. The number of hydrogen-bond donors (Lipinski definition) is 2. The SMILES string of the molecule is Cc1ccc(C=O)nc1.[2H]C([2H])(N)C1(F)CCN(C(=O)c2ccc(F)c(Cl)c2)CC1.[2H]C([2H])(NCc1ccc(C)cn1)C1(F)CCN(C(=O)c2ccc(F)c(Cl)c2)CC1. The Balaban J connectivity index is 0.000000222. The average molecular weight is 808 g/mol. The molecule has 2 saturated heterocycles. The number of nitrogens with zero attached hydrogens (tertiary/aromatic N) is 4. The van der Waals surface area contributed by atoms with Crippen LogP contribution in [0, 0.1) is 25.5 Å². The van der Waals surface area contributed by atoms with Crippen molar-refractivity contribution in [2.24, 2.45) is 5.73 Å². The lowest BCUT2D eigenvalue weighted by atomic mass is 9.92. The van der Waals surface area contributed by atoms with Crippen molar-refractivity contribution < 1.29 is 37.4 Å². The maximum atomic E-state index is 15.4. The van der Waals surface area contributed by atoms with E-state index in [0.29, 0.717) is 11.4 Å². The molecule has 2 aliphatic rings. The number of alkyl halides is 2. The summed E-state index contributed by atoms with van der Waals surface area (Å²) in [6.07, 6.45) is 3.39. The van der Waals surface area contributed by atoms with E-state index in [2.05, 4.69) is 15.3 Å². The Morgan fingerprint density at radius 2 is 1.27 bits per heavy atom. The minimum atomic E-state index is -2.44. The first kappa shape index (κ1) is 37.5. The van der Waals surface area contributed by atoms with Crippen molar-refractivity contribution in [1.29, 1.82) is 0 Å². The molecule has 0 atom stereocenters. The van der Waals surface area contributed by atoms with Crippen LogP contribution in [0.4, 0.5) is 17.6 Å². The van der Waals surface area contributed by atoms with Gasteiger partial charge in [0, 0.05) is 100 Å². The highest BCUT2D eigenvalue weighted by Crippen LogP contribution is 2.29. The van der Waals surface area contributed by atoms with Gasteiger partial charge >= 0.3 is 0 Å². The summed E-state index contributed by atoms with van der Waals surface area (Å²) in [6, 6.07) is 14.5. The van der Waals surface area contributed by atoms with E-state index in [9.17, 15) is 27.6 Å². The predicted molar refractivity (Wildman–Crippen MR) is 205 cm³/mol. The minimum Gasteiger partial charge on any atom is -0.338 e. The molecule has 3 N–H and O–H groups in total. The topological polar surface area (TPSA) is 122 Å². The standard InChI is InChI=1S/C20H22ClF2N3O.C13H15ClF2N2O.C7H7NO/c1-14-2-4-16(25-11-14)12-24-13-20(23)6-8-26(9-7-20)19(27)15-3-5-18(22)17(21)10-15;14-10-7-9(1-2-11(10)15)12(19)18-5-3-13(16,8-17)4-6-18;1-6-2-3-7(5-9)8-4-6/h2-5,10-11,24H,6-9,12-13H2,1H3;1-2,7H,3-6,8,17H2;2-5H,1H3/i13D2;8D2;. The Bertz CT molecular complexity index is 2080. The lowest BCUT2D eigenvalue weighted by molar-refractivity contribution is 0.0432. The number of piperidine rings is 2. The van der Waals surface area contributed by atoms with Crippen LogP contribution in [0.2, 0.25) is 10.0 Å². The van der Waals surface area contributed by atoms with Gasteiger partial charge in [0.05, 0.1) is 15.7 Å². The van der Waals surface area contributed by atoms with Gasteiger partial charge in [-0.2, -0.15) is 0 Å². The van der Waals surface area contributed by atoms with E-state index in [4.69, 9.17) is 34.4 Å². The van der Waals surface area contributed by atoms with Crippen LogP contribution in [0.15, 0.2) is 73.1 Å². The second kappa shape index (κ2) is 19.9. The number of nitrogens with one attached hydrogen (secondary N) is 1. The van der Waals surface area contributed by atoms with Gasteiger partial charge in [0.2, 0.25) is 0 Å². The number of aldehydes is 1. The van der Waals surface area contributed by atoms with E-state index in [-0.39, 0.29) is 85.5 Å². The highest BCUT2D eigenvalue weighted by molar-refractivity contribution is 6.31. The van der Waals surface area contributed by atoms with Crippen molar-refractivity contribution in [2.45, 2.75) is 57.4 Å². The van der Waals surface area contributed by atoms with E-state index in [0.717, 1.165) is 29.5 Å². The summed E-state index contributed by atoms with van der Waals surface area (Å²) in [5.41, 5.74) is 4.52. The average Bonchev–Trinajstić information content (AvgIpc) is 3.20. The number of carbonyl (C=O) groups is 3. The molecule has 0 aliphatic carbocycles. The molecule has 2 aromatic carbocycles. The fraction of sp³-hybridized carbons (Fsp3) is 0.375. The van der Waals surface area contributed by atoms with Crippen LogP contribution in [-0.4, -0.2) is 88.4 Å². The summed E-state index contributed by atoms with van der Waals surface area (Å²) in [5, 5.41) is 2.32. The number of pyridine rings is 2. The molecule has 2 amide bonds. The van der Waals surface area contributed by atoms with E-state index in [1.165, 1.54) is 34.1 Å². The number of aryl methyl sites for hydroxylation is 2. The monoisotopic (exact) mass is 806 g/mol. The first-order valence-corrected chi connectivity index (χ1v) is 18.0. The maximum Gasteiger partial charge on any atom is 0.253 e. The number of carbonyl (C=O) groups excluding carboxylic acids is 3. The van der Waals surface area contributed by atoms with Gasteiger partial charge in [0.15, 0.2) is 6.29 Å². The van der Waals surface area contributed by atoms with Gasteiger partial charge < -0.3 is 20.9 Å². The zero-order valence-electron chi connectivity index (χ0n) is 34.2. The molecule has 9 nitrogen and oxygen atoms in total. The molecular formula is C40H44Cl2F4N6O3. The smallest absolute Gasteiger partial charge is 0.253 e. The highest BCUT2D eigenvalue weighted by atomic mass is 35.5. The molecule has 294 valence electrons. The molecule has 0 spiro atoms. The van der Waals surface area contributed by atoms with Crippen LogP contribution >= 0.6 is 23.2 Å². The van der Waals surface area contributed by atoms with Gasteiger partial charge in [0.1, 0.15) is 28.7 Å². The third kappa shape index (κ3) is 12.8. The number of rotatable bonds is 8. The molecule has 0 saturated carbocycles. The minimum absolute atomic E-state index is 0.0427.